The fourth-order valence-corrected chi connectivity index (χ4v) is 2.78. The second-order valence-corrected chi connectivity index (χ2v) is 6.41. The molecule has 2 N–H and O–H groups in total. The maximum atomic E-state index is 6.08. The smallest absolute Gasteiger partial charge is 0.0929 e. The molecule has 0 aliphatic rings. The van der Waals surface area contributed by atoms with Crippen molar-refractivity contribution in [1.29, 1.82) is 0 Å². The van der Waals surface area contributed by atoms with E-state index >= 15 is 0 Å². The zero-order chi connectivity index (χ0) is 12.0. The number of nitrogens with two attached hydrogens (primary N) is 1. The van der Waals surface area contributed by atoms with Gasteiger partial charge in [-0.25, -0.2) is 4.98 Å². The molecule has 92 valence electrons. The first-order chi connectivity index (χ1) is 7.63. The SMILES string of the molecule is CSCCC(N)c1csc(CCC(C)C)n1. The van der Waals surface area contributed by atoms with Crippen LogP contribution in [0.4, 0.5) is 0 Å². The van der Waals surface area contributed by atoms with Gasteiger partial charge in [-0.05, 0) is 37.2 Å². The van der Waals surface area contributed by atoms with Gasteiger partial charge in [0.2, 0.25) is 0 Å². The lowest BCUT2D eigenvalue weighted by Crippen LogP contribution is -2.11. The normalized spacial score (nSPS) is 13.3. The van der Waals surface area contributed by atoms with E-state index in [2.05, 4.69) is 30.5 Å². The minimum absolute atomic E-state index is 0.122. The molecule has 1 rings (SSSR count). The molecule has 0 aliphatic heterocycles. The third kappa shape index (κ3) is 4.85. The topological polar surface area (TPSA) is 38.9 Å². The quantitative estimate of drug-likeness (QED) is 0.814. The van der Waals surface area contributed by atoms with E-state index in [0.29, 0.717) is 0 Å². The molecule has 0 spiro atoms. The first-order valence-corrected chi connectivity index (χ1v) is 8.09. The molecular weight excluding hydrogens is 236 g/mol. The summed E-state index contributed by atoms with van der Waals surface area (Å²) >= 11 is 3.60. The van der Waals surface area contributed by atoms with Gasteiger partial charge in [-0.3, -0.25) is 0 Å². The Labute approximate surface area is 107 Å². The summed E-state index contributed by atoms with van der Waals surface area (Å²) in [6.07, 6.45) is 5.45. The molecule has 1 aromatic rings. The van der Waals surface area contributed by atoms with Crippen LogP contribution in [0.25, 0.3) is 0 Å². The highest BCUT2D eigenvalue weighted by Crippen LogP contribution is 2.20. The Kier molecular flexibility index (Phi) is 6.39. The molecule has 0 aliphatic carbocycles. The number of rotatable bonds is 7. The van der Waals surface area contributed by atoms with Crippen molar-refractivity contribution >= 4 is 23.1 Å². The number of nitrogens with zero attached hydrogens (tertiary/aromatic N) is 1. The highest BCUT2D eigenvalue weighted by atomic mass is 32.2. The predicted molar refractivity (Wildman–Crippen MR) is 75.2 cm³/mol. The molecule has 0 aromatic carbocycles. The molecule has 0 fully saturated rings. The summed E-state index contributed by atoms with van der Waals surface area (Å²) in [5.74, 6) is 1.86. The van der Waals surface area contributed by atoms with Gasteiger partial charge in [0.15, 0.2) is 0 Å². The lowest BCUT2D eigenvalue weighted by molar-refractivity contribution is 0.583. The van der Waals surface area contributed by atoms with Gasteiger partial charge in [-0.15, -0.1) is 11.3 Å². The van der Waals surface area contributed by atoms with Gasteiger partial charge in [0, 0.05) is 11.4 Å². The molecule has 0 saturated carbocycles. The molecule has 0 amide bonds. The molecule has 0 saturated heterocycles. The van der Waals surface area contributed by atoms with Gasteiger partial charge in [0.05, 0.1) is 10.7 Å². The molecule has 1 unspecified atom stereocenters. The second-order valence-electron chi connectivity index (χ2n) is 4.49. The Balaban J connectivity index is 2.43. The number of thioether (sulfide) groups is 1. The molecule has 1 aromatic heterocycles. The zero-order valence-corrected chi connectivity index (χ0v) is 12.0. The Morgan fingerprint density at radius 1 is 1.44 bits per heavy atom. The summed E-state index contributed by atoms with van der Waals surface area (Å²) in [5, 5.41) is 3.36. The molecule has 0 radical (unpaired) electrons. The van der Waals surface area contributed by atoms with Crippen LogP contribution in [-0.4, -0.2) is 17.0 Å². The standard InChI is InChI=1S/C12H22N2S2/c1-9(2)4-5-12-14-11(8-16-12)10(13)6-7-15-3/h8-10H,4-7,13H2,1-3H3. The van der Waals surface area contributed by atoms with Crippen LogP contribution in [-0.2, 0) is 6.42 Å². The van der Waals surface area contributed by atoms with E-state index in [1.807, 2.05) is 11.8 Å². The highest BCUT2D eigenvalue weighted by molar-refractivity contribution is 7.98. The van der Waals surface area contributed by atoms with Gasteiger partial charge in [0.1, 0.15) is 0 Å². The zero-order valence-electron chi connectivity index (χ0n) is 10.4. The van der Waals surface area contributed by atoms with E-state index < -0.39 is 0 Å². The lowest BCUT2D eigenvalue weighted by atomic mass is 10.1. The van der Waals surface area contributed by atoms with Gasteiger partial charge < -0.3 is 5.73 Å². The predicted octanol–water partition coefficient (Wildman–Crippen LogP) is 3.48. The fourth-order valence-electron chi connectivity index (χ4n) is 1.42. The van der Waals surface area contributed by atoms with Crippen LogP contribution in [0.5, 0.6) is 0 Å². The van der Waals surface area contributed by atoms with Gasteiger partial charge in [-0.2, -0.15) is 11.8 Å². The molecule has 16 heavy (non-hydrogen) atoms. The molecule has 4 heteroatoms. The van der Waals surface area contributed by atoms with Crippen molar-refractivity contribution in [2.75, 3.05) is 12.0 Å². The number of aromatic nitrogens is 1. The van der Waals surface area contributed by atoms with Crippen molar-refractivity contribution in [3.8, 4) is 0 Å². The summed E-state index contributed by atoms with van der Waals surface area (Å²) in [6, 6.07) is 0.122. The van der Waals surface area contributed by atoms with Crippen LogP contribution in [0.3, 0.4) is 0 Å². The minimum atomic E-state index is 0.122. The summed E-state index contributed by atoms with van der Waals surface area (Å²) in [6.45, 7) is 4.50. The molecular formula is C12H22N2S2. The van der Waals surface area contributed by atoms with Crippen LogP contribution in [0, 0.1) is 5.92 Å². The average Bonchev–Trinajstić information content (AvgIpc) is 2.71. The van der Waals surface area contributed by atoms with E-state index in [1.165, 1.54) is 11.4 Å². The van der Waals surface area contributed by atoms with Crippen molar-refractivity contribution in [2.45, 2.75) is 39.2 Å². The van der Waals surface area contributed by atoms with Crippen LogP contribution >= 0.6 is 23.1 Å². The van der Waals surface area contributed by atoms with Crippen LogP contribution < -0.4 is 5.73 Å². The third-order valence-corrected chi connectivity index (χ3v) is 4.09. The summed E-state index contributed by atoms with van der Waals surface area (Å²) < 4.78 is 0. The Morgan fingerprint density at radius 2 is 2.19 bits per heavy atom. The maximum absolute atomic E-state index is 6.08. The van der Waals surface area contributed by atoms with E-state index in [-0.39, 0.29) is 6.04 Å². The third-order valence-electron chi connectivity index (χ3n) is 2.52. The highest BCUT2D eigenvalue weighted by Gasteiger charge is 2.10. The van der Waals surface area contributed by atoms with Crippen LogP contribution in [0.1, 0.15) is 43.4 Å². The van der Waals surface area contributed by atoms with Crippen molar-refractivity contribution in [3.05, 3.63) is 16.1 Å². The van der Waals surface area contributed by atoms with E-state index in [9.17, 15) is 0 Å². The Bertz CT molecular complexity index is 297. The van der Waals surface area contributed by atoms with Crippen LogP contribution in [0.2, 0.25) is 0 Å². The van der Waals surface area contributed by atoms with Crippen LogP contribution in [0.15, 0.2) is 5.38 Å². The van der Waals surface area contributed by atoms with Crippen molar-refractivity contribution < 1.29 is 0 Å². The average molecular weight is 258 g/mol. The summed E-state index contributed by atoms with van der Waals surface area (Å²) in [4.78, 5) is 4.62. The van der Waals surface area contributed by atoms with Crippen molar-refractivity contribution in [2.24, 2.45) is 11.7 Å². The number of thiazole rings is 1. The van der Waals surface area contributed by atoms with E-state index in [4.69, 9.17) is 5.73 Å². The van der Waals surface area contributed by atoms with E-state index in [1.54, 1.807) is 11.3 Å². The first-order valence-electron chi connectivity index (χ1n) is 5.82. The lowest BCUT2D eigenvalue weighted by Gasteiger charge is -2.06. The molecule has 0 bridgehead atoms. The first kappa shape index (κ1) is 14.0. The molecule has 1 heterocycles. The van der Waals surface area contributed by atoms with Crippen molar-refractivity contribution in [1.82, 2.24) is 4.98 Å². The molecule has 2 nitrogen and oxygen atoms in total. The fraction of sp³-hybridized carbons (Fsp3) is 0.750. The van der Waals surface area contributed by atoms with Gasteiger partial charge >= 0.3 is 0 Å². The van der Waals surface area contributed by atoms with Gasteiger partial charge in [0.25, 0.3) is 0 Å². The number of aryl methyl sites for hydroxylation is 1. The maximum Gasteiger partial charge on any atom is 0.0929 e. The number of hydrogen-bond acceptors (Lipinski definition) is 4. The summed E-state index contributed by atoms with van der Waals surface area (Å²) in [7, 11) is 0. The Morgan fingerprint density at radius 3 is 2.81 bits per heavy atom. The summed E-state index contributed by atoms with van der Waals surface area (Å²) in [5.41, 5.74) is 7.16. The van der Waals surface area contributed by atoms with Gasteiger partial charge in [-0.1, -0.05) is 13.8 Å². The van der Waals surface area contributed by atoms with Crippen molar-refractivity contribution in [3.63, 3.8) is 0 Å². The second kappa shape index (κ2) is 7.30. The van der Waals surface area contributed by atoms with E-state index in [0.717, 1.165) is 30.2 Å². The molecule has 1 atom stereocenters. The number of hydrogen-bond donors (Lipinski definition) is 1. The Hall–Kier alpha value is -0.0600. The monoisotopic (exact) mass is 258 g/mol. The minimum Gasteiger partial charge on any atom is -0.323 e. The largest absolute Gasteiger partial charge is 0.323 e.